The molecule has 0 aliphatic rings. The van der Waals surface area contributed by atoms with Crippen molar-refractivity contribution in [1.82, 2.24) is 4.72 Å². The maximum atomic E-state index is 11.9. The van der Waals surface area contributed by atoms with Crippen LogP contribution in [0.1, 0.15) is 20.8 Å². The third kappa shape index (κ3) is 4.84. The monoisotopic (exact) mass is 282 g/mol. The molecule has 0 spiro atoms. The smallest absolute Gasteiger partial charge is 0.248 e. The summed E-state index contributed by atoms with van der Waals surface area (Å²) in [5.41, 5.74) is 0.548. The van der Waals surface area contributed by atoms with E-state index in [1.165, 1.54) is 18.2 Å². The van der Waals surface area contributed by atoms with Crippen LogP contribution in [0.3, 0.4) is 0 Å². The fraction of sp³-hybridized carbons (Fsp3) is 0.308. The van der Waals surface area contributed by atoms with Gasteiger partial charge in [0.15, 0.2) is 0 Å². The van der Waals surface area contributed by atoms with Crippen LogP contribution in [0, 0.1) is 0 Å². The number of allylic oxidation sites excluding steroid dienone is 1. The second kappa shape index (κ2) is 6.49. The van der Waals surface area contributed by atoms with Crippen molar-refractivity contribution in [2.24, 2.45) is 0 Å². The highest BCUT2D eigenvalue weighted by molar-refractivity contribution is 7.89. The van der Waals surface area contributed by atoms with Gasteiger partial charge in [0.25, 0.3) is 0 Å². The first kappa shape index (κ1) is 15.4. The van der Waals surface area contributed by atoms with Gasteiger partial charge in [-0.25, -0.2) is 13.1 Å². The minimum atomic E-state index is -3.49. The Morgan fingerprint density at radius 2 is 1.79 bits per heavy atom. The van der Waals surface area contributed by atoms with E-state index < -0.39 is 10.0 Å². The van der Waals surface area contributed by atoms with Crippen LogP contribution >= 0.6 is 0 Å². The molecule has 1 amide bonds. The average Bonchev–Trinajstić information content (AvgIpc) is 2.28. The van der Waals surface area contributed by atoms with Crippen molar-refractivity contribution in [3.8, 4) is 0 Å². The number of benzene rings is 1. The molecule has 19 heavy (non-hydrogen) atoms. The summed E-state index contributed by atoms with van der Waals surface area (Å²) in [6.45, 7) is 5.25. The van der Waals surface area contributed by atoms with E-state index in [9.17, 15) is 13.2 Å². The van der Waals surface area contributed by atoms with Gasteiger partial charge in [0.05, 0.1) is 4.90 Å². The van der Waals surface area contributed by atoms with Gasteiger partial charge >= 0.3 is 0 Å². The summed E-state index contributed by atoms with van der Waals surface area (Å²) in [5.74, 6) is -0.251. The van der Waals surface area contributed by atoms with Crippen molar-refractivity contribution in [1.29, 1.82) is 0 Å². The Morgan fingerprint density at radius 3 is 2.26 bits per heavy atom. The highest BCUT2D eigenvalue weighted by atomic mass is 32.2. The molecule has 0 heterocycles. The van der Waals surface area contributed by atoms with Crippen molar-refractivity contribution in [2.75, 3.05) is 5.32 Å². The van der Waals surface area contributed by atoms with E-state index in [4.69, 9.17) is 0 Å². The average molecular weight is 282 g/mol. The minimum absolute atomic E-state index is 0.168. The highest BCUT2D eigenvalue weighted by Crippen LogP contribution is 2.14. The molecule has 0 saturated heterocycles. The van der Waals surface area contributed by atoms with Gasteiger partial charge in [0, 0.05) is 11.7 Å². The van der Waals surface area contributed by atoms with E-state index in [0.29, 0.717) is 5.69 Å². The standard InChI is InChI=1S/C13H18N2O3S/c1-4-5-13(16)14-11-6-8-12(9-7-11)19(17,18)15-10(2)3/h4-10,15H,1-3H3,(H,14,16)/b5-4+. The SMILES string of the molecule is C/C=C/C(=O)Nc1ccc(S(=O)(=O)NC(C)C)cc1. The summed E-state index contributed by atoms with van der Waals surface area (Å²) in [6.07, 6.45) is 3.02. The van der Waals surface area contributed by atoms with Gasteiger partial charge in [-0.3, -0.25) is 4.79 Å². The fourth-order valence-corrected chi connectivity index (χ4v) is 2.68. The number of carbonyl (C=O) groups excluding carboxylic acids is 1. The number of carbonyl (C=O) groups is 1. The number of anilines is 1. The van der Waals surface area contributed by atoms with E-state index in [1.807, 2.05) is 0 Å². The predicted octanol–water partition coefficient (Wildman–Crippen LogP) is 1.89. The molecule has 0 aliphatic carbocycles. The first-order chi connectivity index (χ1) is 8.85. The minimum Gasteiger partial charge on any atom is -0.323 e. The van der Waals surface area contributed by atoms with Crippen LogP contribution in [0.15, 0.2) is 41.3 Å². The lowest BCUT2D eigenvalue weighted by Gasteiger charge is -2.10. The zero-order valence-electron chi connectivity index (χ0n) is 11.2. The summed E-state index contributed by atoms with van der Waals surface area (Å²) in [4.78, 5) is 11.5. The third-order valence-corrected chi connectivity index (χ3v) is 3.82. The summed E-state index contributed by atoms with van der Waals surface area (Å²) in [5, 5.41) is 2.62. The molecule has 0 radical (unpaired) electrons. The van der Waals surface area contributed by atoms with E-state index >= 15 is 0 Å². The molecule has 0 saturated carbocycles. The van der Waals surface area contributed by atoms with Gasteiger partial charge in [-0.1, -0.05) is 6.08 Å². The molecule has 6 heteroatoms. The fourth-order valence-electron chi connectivity index (χ4n) is 1.43. The molecule has 1 aromatic carbocycles. The molecular formula is C13H18N2O3S. The summed E-state index contributed by atoms with van der Waals surface area (Å²) >= 11 is 0. The Labute approximate surface area is 113 Å². The van der Waals surface area contributed by atoms with Gasteiger partial charge in [0.2, 0.25) is 15.9 Å². The Morgan fingerprint density at radius 1 is 1.21 bits per heavy atom. The lowest BCUT2D eigenvalue weighted by atomic mass is 10.3. The first-order valence-corrected chi connectivity index (χ1v) is 7.39. The quantitative estimate of drug-likeness (QED) is 0.810. The number of rotatable bonds is 5. The van der Waals surface area contributed by atoms with Gasteiger partial charge in [-0.05, 0) is 51.1 Å². The van der Waals surface area contributed by atoms with E-state index in [-0.39, 0.29) is 16.8 Å². The normalized spacial score (nSPS) is 12.0. The molecule has 5 nitrogen and oxygen atoms in total. The second-order valence-corrected chi connectivity index (χ2v) is 6.00. The number of sulfonamides is 1. The Bertz CT molecular complexity index is 560. The van der Waals surface area contributed by atoms with Crippen LogP contribution in [-0.2, 0) is 14.8 Å². The maximum Gasteiger partial charge on any atom is 0.248 e. The third-order valence-electron chi connectivity index (χ3n) is 2.14. The molecule has 0 aliphatic heterocycles. The summed E-state index contributed by atoms with van der Waals surface area (Å²) in [6, 6.07) is 5.84. The van der Waals surface area contributed by atoms with Crippen molar-refractivity contribution in [2.45, 2.75) is 31.7 Å². The maximum absolute atomic E-state index is 11.9. The van der Waals surface area contributed by atoms with E-state index in [2.05, 4.69) is 10.0 Å². The van der Waals surface area contributed by atoms with Crippen LogP contribution in [-0.4, -0.2) is 20.4 Å². The number of hydrogen-bond donors (Lipinski definition) is 2. The zero-order chi connectivity index (χ0) is 14.5. The van der Waals surface area contributed by atoms with Gasteiger partial charge < -0.3 is 5.32 Å². The Kier molecular flexibility index (Phi) is 5.26. The molecule has 1 rings (SSSR count). The zero-order valence-corrected chi connectivity index (χ0v) is 12.0. The Balaban J connectivity index is 2.85. The summed E-state index contributed by atoms with van der Waals surface area (Å²) < 4.78 is 26.2. The van der Waals surface area contributed by atoms with Crippen LogP contribution < -0.4 is 10.0 Å². The number of amides is 1. The first-order valence-electron chi connectivity index (χ1n) is 5.91. The summed E-state index contributed by atoms with van der Waals surface area (Å²) in [7, 11) is -3.49. The van der Waals surface area contributed by atoms with Crippen LogP contribution in [0.4, 0.5) is 5.69 Å². The highest BCUT2D eigenvalue weighted by Gasteiger charge is 2.14. The van der Waals surface area contributed by atoms with Crippen LogP contribution in [0.5, 0.6) is 0 Å². The van der Waals surface area contributed by atoms with Gasteiger partial charge in [-0.2, -0.15) is 0 Å². The lowest BCUT2D eigenvalue weighted by molar-refractivity contribution is -0.111. The van der Waals surface area contributed by atoms with Crippen LogP contribution in [0.2, 0.25) is 0 Å². The van der Waals surface area contributed by atoms with Crippen molar-refractivity contribution < 1.29 is 13.2 Å². The molecule has 0 fully saturated rings. The molecule has 0 aromatic heterocycles. The molecule has 0 atom stereocenters. The molecule has 1 aromatic rings. The molecule has 2 N–H and O–H groups in total. The topological polar surface area (TPSA) is 75.3 Å². The van der Waals surface area contributed by atoms with Gasteiger partial charge in [0.1, 0.15) is 0 Å². The molecule has 0 unspecified atom stereocenters. The number of hydrogen-bond acceptors (Lipinski definition) is 3. The molecule has 0 bridgehead atoms. The second-order valence-electron chi connectivity index (χ2n) is 4.29. The molecular weight excluding hydrogens is 264 g/mol. The predicted molar refractivity (Wildman–Crippen MR) is 75.3 cm³/mol. The van der Waals surface area contributed by atoms with Crippen molar-refractivity contribution >= 4 is 21.6 Å². The largest absolute Gasteiger partial charge is 0.323 e. The van der Waals surface area contributed by atoms with Gasteiger partial charge in [-0.15, -0.1) is 0 Å². The van der Waals surface area contributed by atoms with E-state index in [1.54, 1.807) is 39.0 Å². The van der Waals surface area contributed by atoms with Crippen molar-refractivity contribution in [3.63, 3.8) is 0 Å². The van der Waals surface area contributed by atoms with Crippen molar-refractivity contribution in [3.05, 3.63) is 36.4 Å². The lowest BCUT2D eigenvalue weighted by Crippen LogP contribution is -2.30. The van der Waals surface area contributed by atoms with E-state index in [0.717, 1.165) is 0 Å². The molecule has 104 valence electrons. The number of nitrogens with one attached hydrogen (secondary N) is 2. The Hall–Kier alpha value is -1.66. The van der Waals surface area contributed by atoms with Crippen LogP contribution in [0.25, 0.3) is 0 Å².